The topological polar surface area (TPSA) is 66.5 Å². The lowest BCUT2D eigenvalue weighted by Crippen LogP contribution is -2.44. The molecule has 4 rings (SSSR count). The summed E-state index contributed by atoms with van der Waals surface area (Å²) in [5, 5.41) is 2.78. The number of para-hydroxylation sites is 1. The van der Waals surface area contributed by atoms with Gasteiger partial charge in [-0.3, -0.25) is 19.3 Å². The summed E-state index contributed by atoms with van der Waals surface area (Å²) in [5.74, 6) is -0.875. The number of hydrogen-bond donors (Lipinski definition) is 1. The maximum absolute atomic E-state index is 13.2. The molecule has 2 amide bonds. The van der Waals surface area contributed by atoms with Crippen LogP contribution in [0, 0.1) is 0 Å². The highest BCUT2D eigenvalue weighted by atomic mass is 32.2. The first-order valence-corrected chi connectivity index (χ1v) is 9.94. The number of anilines is 1. The lowest BCUT2D eigenvalue weighted by molar-refractivity contribution is -0.130. The van der Waals surface area contributed by atoms with Crippen molar-refractivity contribution in [2.45, 2.75) is 19.4 Å². The molecule has 0 bridgehead atoms. The Bertz CT molecular complexity index is 1050. The fourth-order valence-corrected chi connectivity index (χ4v) is 4.83. The van der Waals surface area contributed by atoms with Gasteiger partial charge < -0.3 is 5.32 Å². The van der Waals surface area contributed by atoms with E-state index >= 15 is 0 Å². The zero-order valence-electron chi connectivity index (χ0n) is 15.0. The smallest absolute Gasteiger partial charge is 0.267 e. The van der Waals surface area contributed by atoms with E-state index in [-0.39, 0.29) is 16.6 Å². The molecule has 2 aliphatic rings. The van der Waals surface area contributed by atoms with Crippen molar-refractivity contribution in [3.8, 4) is 0 Å². The van der Waals surface area contributed by atoms with E-state index in [9.17, 15) is 14.4 Å². The van der Waals surface area contributed by atoms with Crippen LogP contribution in [0.5, 0.6) is 0 Å². The van der Waals surface area contributed by atoms with Crippen molar-refractivity contribution in [3.63, 3.8) is 0 Å². The molecule has 5 nitrogen and oxygen atoms in total. The number of rotatable bonds is 4. The highest BCUT2D eigenvalue weighted by molar-refractivity contribution is 8.26. The van der Waals surface area contributed by atoms with E-state index in [1.165, 1.54) is 11.8 Å². The zero-order valence-corrected chi connectivity index (χ0v) is 16.6. The molecule has 1 atom stereocenters. The Hall–Kier alpha value is -2.77. The van der Waals surface area contributed by atoms with Gasteiger partial charge in [0, 0.05) is 17.7 Å². The summed E-state index contributed by atoms with van der Waals surface area (Å²) in [7, 11) is 0. The number of carbonyl (C=O) groups is 3. The molecule has 1 unspecified atom stereocenters. The third kappa shape index (κ3) is 3.16. The van der Waals surface area contributed by atoms with Crippen LogP contribution < -0.4 is 5.32 Å². The van der Waals surface area contributed by atoms with Crippen molar-refractivity contribution in [2.24, 2.45) is 0 Å². The molecular formula is C21H16N2O3S2. The number of amides is 2. The van der Waals surface area contributed by atoms with Crippen LogP contribution in [0.25, 0.3) is 5.57 Å². The summed E-state index contributed by atoms with van der Waals surface area (Å²) in [6.07, 6.45) is 0.369. The Morgan fingerprint density at radius 3 is 2.50 bits per heavy atom. The van der Waals surface area contributed by atoms with Crippen molar-refractivity contribution in [2.75, 3.05) is 5.32 Å². The molecule has 0 aromatic heterocycles. The fraction of sp³-hybridized carbons (Fsp3) is 0.143. The monoisotopic (exact) mass is 408 g/mol. The SMILES string of the molecule is CC(=O)C(Cc1ccccc1)N1C(=O)/C(=C2/C(=O)Nc3ccccc32)SC1=S. The third-order valence-corrected chi connectivity index (χ3v) is 6.15. The number of fused-ring (bicyclic) bond motifs is 1. The largest absolute Gasteiger partial charge is 0.321 e. The lowest BCUT2D eigenvalue weighted by Gasteiger charge is -2.24. The minimum atomic E-state index is -0.701. The maximum Gasteiger partial charge on any atom is 0.267 e. The van der Waals surface area contributed by atoms with E-state index in [0.717, 1.165) is 17.3 Å². The van der Waals surface area contributed by atoms with Gasteiger partial charge in [0.1, 0.15) is 10.4 Å². The van der Waals surface area contributed by atoms with E-state index < -0.39 is 11.9 Å². The predicted molar refractivity (Wildman–Crippen MR) is 114 cm³/mol. The number of nitrogens with zero attached hydrogens (tertiary/aromatic N) is 1. The second-order valence-electron chi connectivity index (χ2n) is 6.56. The third-order valence-electron chi connectivity index (χ3n) is 4.75. The van der Waals surface area contributed by atoms with Gasteiger partial charge in [-0.2, -0.15) is 0 Å². The molecule has 2 heterocycles. The van der Waals surface area contributed by atoms with Crippen LogP contribution in [0.1, 0.15) is 18.1 Å². The van der Waals surface area contributed by atoms with Gasteiger partial charge in [-0.25, -0.2) is 0 Å². The quantitative estimate of drug-likeness (QED) is 0.620. The van der Waals surface area contributed by atoms with Gasteiger partial charge in [-0.1, -0.05) is 72.5 Å². The molecule has 1 N–H and O–H groups in total. The highest BCUT2D eigenvalue weighted by Crippen LogP contribution is 2.42. The minimum absolute atomic E-state index is 0.150. The molecule has 2 aromatic carbocycles. The molecule has 2 aliphatic heterocycles. The molecular weight excluding hydrogens is 392 g/mol. The van der Waals surface area contributed by atoms with Crippen LogP contribution in [-0.2, 0) is 20.8 Å². The van der Waals surface area contributed by atoms with Crippen LogP contribution >= 0.6 is 24.0 Å². The van der Waals surface area contributed by atoms with Crippen LogP contribution in [-0.4, -0.2) is 32.9 Å². The van der Waals surface area contributed by atoms with Crippen LogP contribution in [0.4, 0.5) is 5.69 Å². The van der Waals surface area contributed by atoms with Crippen LogP contribution in [0.3, 0.4) is 0 Å². The van der Waals surface area contributed by atoms with Crippen molar-refractivity contribution in [1.82, 2.24) is 4.90 Å². The number of ketones is 1. The molecule has 0 saturated carbocycles. The van der Waals surface area contributed by atoms with Crippen molar-refractivity contribution in [1.29, 1.82) is 0 Å². The molecule has 7 heteroatoms. The molecule has 0 aliphatic carbocycles. The number of thioether (sulfide) groups is 1. The standard InChI is InChI=1S/C21H16N2O3S2/c1-12(24)16(11-13-7-3-2-4-8-13)23-20(26)18(28-21(23)27)17-14-9-5-6-10-15(14)22-19(17)25/h2-10,16H,11H2,1H3,(H,22,25)/b18-17-. The van der Waals surface area contributed by atoms with Gasteiger partial charge in [-0.15, -0.1) is 0 Å². The summed E-state index contributed by atoms with van der Waals surface area (Å²) in [4.78, 5) is 39.7. The number of carbonyl (C=O) groups excluding carboxylic acids is 3. The Balaban J connectivity index is 1.73. The van der Waals surface area contributed by atoms with Gasteiger partial charge in [0.15, 0.2) is 5.78 Å². The molecule has 28 heavy (non-hydrogen) atoms. The average Bonchev–Trinajstić information content (AvgIpc) is 3.15. The Labute approximate surface area is 171 Å². The Morgan fingerprint density at radius 2 is 1.79 bits per heavy atom. The summed E-state index contributed by atoms with van der Waals surface area (Å²) < 4.78 is 0.292. The molecule has 140 valence electrons. The second kappa shape index (κ2) is 7.33. The van der Waals surface area contributed by atoms with Crippen LogP contribution in [0.15, 0.2) is 59.5 Å². The highest BCUT2D eigenvalue weighted by Gasteiger charge is 2.43. The summed E-state index contributed by atoms with van der Waals surface area (Å²) in [6.45, 7) is 1.46. The molecule has 0 spiro atoms. The summed E-state index contributed by atoms with van der Waals surface area (Å²) in [5.41, 5.74) is 2.60. The number of benzene rings is 2. The molecule has 0 radical (unpaired) electrons. The van der Waals surface area contributed by atoms with Crippen molar-refractivity contribution in [3.05, 3.63) is 70.6 Å². The van der Waals surface area contributed by atoms with E-state index in [2.05, 4.69) is 5.32 Å². The van der Waals surface area contributed by atoms with Crippen molar-refractivity contribution >= 4 is 57.2 Å². The number of thiocarbonyl (C=S) groups is 1. The summed E-state index contributed by atoms with van der Waals surface area (Å²) in [6, 6.07) is 16.0. The molecule has 1 fully saturated rings. The first kappa shape index (κ1) is 18.6. The van der Waals surface area contributed by atoms with Gasteiger partial charge in [0.2, 0.25) is 0 Å². The second-order valence-corrected chi connectivity index (χ2v) is 8.21. The van der Waals surface area contributed by atoms with Gasteiger partial charge in [-0.05, 0) is 18.6 Å². The van der Waals surface area contributed by atoms with Gasteiger partial charge in [0.25, 0.3) is 11.8 Å². The first-order valence-electron chi connectivity index (χ1n) is 8.72. The predicted octanol–water partition coefficient (Wildman–Crippen LogP) is 3.41. The Kier molecular flexibility index (Phi) is 4.87. The van der Waals surface area contributed by atoms with E-state index in [1.807, 2.05) is 42.5 Å². The Morgan fingerprint density at radius 1 is 1.11 bits per heavy atom. The fourth-order valence-electron chi connectivity index (χ4n) is 3.40. The van der Waals surface area contributed by atoms with Crippen LogP contribution in [0.2, 0.25) is 0 Å². The molecule has 1 saturated heterocycles. The maximum atomic E-state index is 13.2. The normalized spacial score (nSPS) is 19.6. The van der Waals surface area contributed by atoms with E-state index in [1.54, 1.807) is 12.1 Å². The number of hydrogen-bond acceptors (Lipinski definition) is 5. The van der Waals surface area contributed by atoms with Gasteiger partial charge in [0.05, 0.1) is 10.5 Å². The van der Waals surface area contributed by atoms with Crippen molar-refractivity contribution < 1.29 is 14.4 Å². The van der Waals surface area contributed by atoms with E-state index in [0.29, 0.717) is 27.6 Å². The zero-order chi connectivity index (χ0) is 19.8. The average molecular weight is 409 g/mol. The van der Waals surface area contributed by atoms with E-state index in [4.69, 9.17) is 12.2 Å². The summed E-state index contributed by atoms with van der Waals surface area (Å²) >= 11 is 6.51. The molecule has 2 aromatic rings. The lowest BCUT2D eigenvalue weighted by atomic mass is 10.0. The minimum Gasteiger partial charge on any atom is -0.321 e. The number of nitrogens with one attached hydrogen (secondary N) is 1. The number of Topliss-reactive ketones (excluding diaryl/α,β-unsaturated/α-hetero) is 1. The van der Waals surface area contributed by atoms with Gasteiger partial charge >= 0.3 is 0 Å². The first-order chi connectivity index (χ1) is 13.5.